The fourth-order valence-electron chi connectivity index (χ4n) is 2.40. The van der Waals surface area contributed by atoms with Gasteiger partial charge in [0.2, 0.25) is 10.0 Å². The first-order chi connectivity index (χ1) is 10.6. The van der Waals surface area contributed by atoms with Crippen molar-refractivity contribution < 1.29 is 16.8 Å². The van der Waals surface area contributed by atoms with Crippen molar-refractivity contribution >= 4 is 20.2 Å². The number of piperazine rings is 1. The molecule has 9 heteroatoms. The monoisotopic (exact) mass is 361 g/mol. The van der Waals surface area contributed by atoms with Crippen molar-refractivity contribution in [2.45, 2.75) is 18.7 Å². The third-order valence-corrected chi connectivity index (χ3v) is 7.94. The third-order valence-electron chi connectivity index (χ3n) is 4.10. The second-order valence-electron chi connectivity index (χ2n) is 5.84. The van der Waals surface area contributed by atoms with Crippen LogP contribution in [0.4, 0.5) is 0 Å². The van der Waals surface area contributed by atoms with Crippen molar-refractivity contribution in [3.8, 4) is 0 Å². The fraction of sp³-hybridized carbons (Fsp3) is 0.571. The van der Waals surface area contributed by atoms with Gasteiger partial charge in [-0.3, -0.25) is 0 Å². The molecule has 0 aromatic heterocycles. The summed E-state index contributed by atoms with van der Waals surface area (Å²) >= 11 is 0. The van der Waals surface area contributed by atoms with Gasteiger partial charge in [0.15, 0.2) is 0 Å². The average molecular weight is 361 g/mol. The molecule has 0 aliphatic carbocycles. The van der Waals surface area contributed by atoms with E-state index in [0.29, 0.717) is 0 Å². The van der Waals surface area contributed by atoms with Gasteiger partial charge in [-0.15, -0.1) is 0 Å². The molecule has 1 aromatic carbocycles. The Bertz CT molecular complexity index is 780. The van der Waals surface area contributed by atoms with E-state index in [0.717, 1.165) is 15.4 Å². The number of hydrogen-bond acceptors (Lipinski definition) is 4. The molecule has 23 heavy (non-hydrogen) atoms. The van der Waals surface area contributed by atoms with E-state index in [4.69, 9.17) is 0 Å². The lowest BCUT2D eigenvalue weighted by Gasteiger charge is -2.34. The molecule has 0 saturated carbocycles. The van der Waals surface area contributed by atoms with E-state index < -0.39 is 20.2 Å². The Morgan fingerprint density at radius 3 is 1.87 bits per heavy atom. The van der Waals surface area contributed by atoms with E-state index in [9.17, 15) is 16.8 Å². The summed E-state index contributed by atoms with van der Waals surface area (Å²) in [6.45, 7) is 4.42. The number of hydrogen-bond donors (Lipinski definition) is 0. The summed E-state index contributed by atoms with van der Waals surface area (Å²) in [6.07, 6.45) is 0. The first-order valence-corrected chi connectivity index (χ1v) is 10.2. The summed E-state index contributed by atoms with van der Waals surface area (Å²) in [5.74, 6) is 0. The molecule has 0 atom stereocenters. The van der Waals surface area contributed by atoms with Crippen molar-refractivity contribution in [2.24, 2.45) is 0 Å². The molecule has 7 nitrogen and oxygen atoms in total. The predicted molar refractivity (Wildman–Crippen MR) is 88.9 cm³/mol. The lowest BCUT2D eigenvalue weighted by molar-refractivity contribution is 0.262. The van der Waals surface area contributed by atoms with Gasteiger partial charge in [-0.2, -0.15) is 21.3 Å². The van der Waals surface area contributed by atoms with Crippen molar-refractivity contribution in [1.29, 1.82) is 0 Å². The second kappa shape index (κ2) is 6.48. The Labute approximate surface area is 138 Å². The largest absolute Gasteiger partial charge is 0.281 e. The third kappa shape index (κ3) is 3.58. The minimum atomic E-state index is -3.59. The van der Waals surface area contributed by atoms with Crippen LogP contribution >= 0.6 is 0 Å². The fourth-order valence-corrected chi connectivity index (χ4v) is 4.99. The molecule has 1 saturated heterocycles. The Balaban J connectivity index is 2.17. The lowest BCUT2D eigenvalue weighted by Crippen LogP contribution is -2.52. The first-order valence-electron chi connectivity index (χ1n) is 7.32. The Morgan fingerprint density at radius 1 is 0.870 bits per heavy atom. The molecule has 1 fully saturated rings. The Morgan fingerprint density at radius 2 is 1.39 bits per heavy atom. The van der Waals surface area contributed by atoms with Crippen LogP contribution in [-0.2, 0) is 20.2 Å². The highest BCUT2D eigenvalue weighted by molar-refractivity contribution is 7.89. The number of aryl methyl sites for hydroxylation is 2. The number of rotatable bonds is 4. The van der Waals surface area contributed by atoms with Crippen LogP contribution in [0.15, 0.2) is 23.1 Å². The van der Waals surface area contributed by atoms with E-state index in [-0.39, 0.29) is 31.1 Å². The maximum absolute atomic E-state index is 12.7. The standard InChI is InChI=1S/C14H23N3O4S2/c1-12-5-6-14(11-13(12)2)22(18,19)16-7-9-17(10-8-16)23(20,21)15(3)4/h5-6,11H,7-10H2,1-4H3. The van der Waals surface area contributed by atoms with Crippen LogP contribution in [0.3, 0.4) is 0 Å². The highest BCUT2D eigenvalue weighted by atomic mass is 32.2. The maximum Gasteiger partial charge on any atom is 0.281 e. The average Bonchev–Trinajstić information content (AvgIpc) is 2.49. The molecule has 130 valence electrons. The molecule has 0 radical (unpaired) electrons. The zero-order chi connectivity index (χ0) is 17.4. The van der Waals surface area contributed by atoms with Crippen molar-refractivity contribution in [3.05, 3.63) is 29.3 Å². The molecule has 0 N–H and O–H groups in total. The molecule has 1 aliphatic heterocycles. The molecule has 1 heterocycles. The van der Waals surface area contributed by atoms with Crippen LogP contribution in [0.1, 0.15) is 11.1 Å². The summed E-state index contributed by atoms with van der Waals surface area (Å²) < 4.78 is 53.3. The van der Waals surface area contributed by atoms with Gasteiger partial charge >= 0.3 is 0 Å². The number of nitrogens with zero attached hydrogens (tertiary/aromatic N) is 3. The Hall–Kier alpha value is -1.00. The van der Waals surface area contributed by atoms with Gasteiger partial charge < -0.3 is 0 Å². The van der Waals surface area contributed by atoms with Gasteiger partial charge in [-0.05, 0) is 37.1 Å². The molecule has 0 spiro atoms. The number of sulfonamides is 1. The summed E-state index contributed by atoms with van der Waals surface area (Å²) in [5, 5.41) is 0. The molecule has 1 aromatic rings. The van der Waals surface area contributed by atoms with Gasteiger partial charge in [0.25, 0.3) is 10.2 Å². The maximum atomic E-state index is 12.7. The van der Waals surface area contributed by atoms with Crippen molar-refractivity contribution in [3.63, 3.8) is 0 Å². The van der Waals surface area contributed by atoms with E-state index in [1.165, 1.54) is 22.7 Å². The van der Waals surface area contributed by atoms with Crippen LogP contribution in [0.5, 0.6) is 0 Å². The Kier molecular flexibility index (Phi) is 5.17. The zero-order valence-electron chi connectivity index (χ0n) is 13.9. The molecule has 0 bridgehead atoms. The van der Waals surface area contributed by atoms with Gasteiger partial charge in [0.05, 0.1) is 4.90 Å². The van der Waals surface area contributed by atoms with Gasteiger partial charge in [0.1, 0.15) is 0 Å². The summed E-state index contributed by atoms with van der Waals surface area (Å²) in [5.41, 5.74) is 1.95. The van der Waals surface area contributed by atoms with E-state index in [1.807, 2.05) is 13.8 Å². The number of benzene rings is 1. The van der Waals surface area contributed by atoms with Crippen molar-refractivity contribution in [1.82, 2.24) is 12.9 Å². The van der Waals surface area contributed by atoms with Crippen LogP contribution in [0.25, 0.3) is 0 Å². The predicted octanol–water partition coefficient (Wildman–Crippen LogP) is 0.416. The normalized spacial score (nSPS) is 18.5. The van der Waals surface area contributed by atoms with Crippen LogP contribution in [0.2, 0.25) is 0 Å². The topological polar surface area (TPSA) is 78.0 Å². The highest BCUT2D eigenvalue weighted by Crippen LogP contribution is 2.21. The summed E-state index contributed by atoms with van der Waals surface area (Å²) in [4.78, 5) is 0.254. The molecular formula is C14H23N3O4S2. The molecule has 1 aliphatic rings. The van der Waals surface area contributed by atoms with Gasteiger partial charge in [-0.1, -0.05) is 6.07 Å². The smallest absolute Gasteiger partial charge is 0.207 e. The minimum absolute atomic E-state index is 0.155. The van der Waals surface area contributed by atoms with Gasteiger partial charge in [-0.25, -0.2) is 8.42 Å². The van der Waals surface area contributed by atoms with Gasteiger partial charge in [0, 0.05) is 40.3 Å². The van der Waals surface area contributed by atoms with E-state index >= 15 is 0 Å². The summed E-state index contributed by atoms with van der Waals surface area (Å²) in [7, 11) is -4.16. The minimum Gasteiger partial charge on any atom is -0.207 e. The second-order valence-corrected chi connectivity index (χ2v) is 9.92. The highest BCUT2D eigenvalue weighted by Gasteiger charge is 2.33. The van der Waals surface area contributed by atoms with E-state index in [2.05, 4.69) is 0 Å². The van der Waals surface area contributed by atoms with Crippen molar-refractivity contribution in [2.75, 3.05) is 40.3 Å². The van der Waals surface area contributed by atoms with E-state index in [1.54, 1.807) is 18.2 Å². The van der Waals surface area contributed by atoms with Crippen LogP contribution in [0, 0.1) is 13.8 Å². The quantitative estimate of drug-likeness (QED) is 0.778. The molecule has 2 rings (SSSR count). The molecule has 0 unspecified atom stereocenters. The van der Waals surface area contributed by atoms with Crippen LogP contribution in [-0.4, -0.2) is 70.0 Å². The SMILES string of the molecule is Cc1ccc(S(=O)(=O)N2CCN(S(=O)(=O)N(C)C)CC2)cc1C. The zero-order valence-corrected chi connectivity index (χ0v) is 15.5. The summed E-state index contributed by atoms with van der Waals surface area (Å²) in [6, 6.07) is 5.04. The first kappa shape index (κ1) is 18.3. The lowest BCUT2D eigenvalue weighted by atomic mass is 10.1. The van der Waals surface area contributed by atoms with Crippen LogP contribution < -0.4 is 0 Å². The molecular weight excluding hydrogens is 338 g/mol. The molecule has 0 amide bonds.